The van der Waals surface area contributed by atoms with Crippen LogP contribution in [0.25, 0.3) is 21.8 Å². The average molecular weight is 564 g/mol. The van der Waals surface area contributed by atoms with Gasteiger partial charge in [-0.1, -0.05) is 30.3 Å². The van der Waals surface area contributed by atoms with Gasteiger partial charge >= 0.3 is 0 Å². The number of amides is 1. The number of ether oxygens (including phenoxy) is 1. The minimum Gasteiger partial charge on any atom is -0.484 e. The van der Waals surface area contributed by atoms with Crippen molar-refractivity contribution in [2.24, 2.45) is 5.73 Å². The van der Waals surface area contributed by atoms with E-state index in [4.69, 9.17) is 20.9 Å². The van der Waals surface area contributed by atoms with Crippen molar-refractivity contribution in [3.05, 3.63) is 70.9 Å². The van der Waals surface area contributed by atoms with Crippen molar-refractivity contribution < 1.29 is 9.53 Å². The number of aromatic nitrogens is 1. The molecular weight excluding hydrogens is 535 g/mol. The van der Waals surface area contributed by atoms with Gasteiger partial charge in [-0.3, -0.25) is 10.2 Å². The van der Waals surface area contributed by atoms with Crippen LogP contribution in [0.5, 0.6) is 5.75 Å². The fourth-order valence-electron chi connectivity index (χ4n) is 4.48. The number of amidine groups is 1. The van der Waals surface area contributed by atoms with Gasteiger partial charge in [0.2, 0.25) is 0 Å². The largest absolute Gasteiger partial charge is 0.484 e. The van der Waals surface area contributed by atoms with Gasteiger partial charge in [0.05, 0.1) is 14.8 Å². The summed E-state index contributed by atoms with van der Waals surface area (Å²) in [4.78, 5) is 20.5. The number of benzene rings is 2. The maximum absolute atomic E-state index is 13.0. The fourth-order valence-corrected chi connectivity index (χ4v) is 7.19. The Hall–Kier alpha value is -3.34. The number of carbonyl (C=O) groups excluding carboxylic acids is 1. The molecule has 4 aromatic rings. The highest BCUT2D eigenvalue weighted by Crippen LogP contribution is 2.40. The number of thiazole rings is 1. The van der Waals surface area contributed by atoms with Crippen LogP contribution in [0.15, 0.2) is 70.3 Å². The summed E-state index contributed by atoms with van der Waals surface area (Å²) in [7, 11) is 0. The molecule has 2 aromatic heterocycles. The standard InChI is InChI=1S/C28H29N5O2S3/c1-36-28-22(14-24(38-28)26(29)30)27-32-23(17-37-27)18-7-5-11-21(13-18)35-16-25(34)33-12-6-10-20(33)15-31-19-8-3-2-4-9-19/h2-5,7-9,11,13-14,17,20,31H,6,10,12,15-16H2,1H3,(H3,29,30)/t20-/m1/s1. The smallest absolute Gasteiger partial charge is 0.260 e. The quantitative estimate of drug-likeness (QED) is 0.124. The van der Waals surface area contributed by atoms with Crippen LogP contribution in [0.2, 0.25) is 0 Å². The Morgan fingerprint density at radius 3 is 2.87 bits per heavy atom. The van der Waals surface area contributed by atoms with Gasteiger partial charge in [0.1, 0.15) is 16.6 Å². The first-order chi connectivity index (χ1) is 18.5. The van der Waals surface area contributed by atoms with E-state index in [0.29, 0.717) is 5.75 Å². The molecule has 10 heteroatoms. The topological polar surface area (TPSA) is 104 Å². The maximum atomic E-state index is 13.0. The molecule has 1 aliphatic rings. The molecule has 1 saturated heterocycles. The summed E-state index contributed by atoms with van der Waals surface area (Å²) < 4.78 is 7.02. The second kappa shape index (κ2) is 12.0. The van der Waals surface area contributed by atoms with Crippen LogP contribution >= 0.6 is 34.4 Å². The molecule has 0 saturated carbocycles. The number of thiophene rings is 1. The molecule has 1 aliphatic heterocycles. The van der Waals surface area contributed by atoms with E-state index in [0.717, 1.165) is 62.5 Å². The SMILES string of the molecule is CSc1sc(C(=N)N)cc1-c1nc(-c2cccc(OCC(=O)N3CCC[C@@H]3CNc3ccccc3)c2)cs1. The molecule has 0 spiro atoms. The van der Waals surface area contributed by atoms with Gasteiger partial charge in [0.25, 0.3) is 5.91 Å². The van der Waals surface area contributed by atoms with Gasteiger partial charge in [0, 0.05) is 41.3 Å². The number of nitrogens with one attached hydrogen (secondary N) is 2. The van der Waals surface area contributed by atoms with Crippen molar-refractivity contribution in [2.45, 2.75) is 23.1 Å². The molecule has 0 aliphatic carbocycles. The van der Waals surface area contributed by atoms with Crippen LogP contribution in [0.1, 0.15) is 17.7 Å². The van der Waals surface area contributed by atoms with E-state index in [1.165, 1.54) is 11.3 Å². The Morgan fingerprint density at radius 1 is 1.24 bits per heavy atom. The molecule has 7 nitrogen and oxygen atoms in total. The van der Waals surface area contributed by atoms with Gasteiger partial charge in [-0.15, -0.1) is 34.4 Å². The Labute approximate surface area is 234 Å². The highest BCUT2D eigenvalue weighted by Gasteiger charge is 2.28. The third-order valence-electron chi connectivity index (χ3n) is 6.39. The highest BCUT2D eigenvalue weighted by atomic mass is 32.2. The maximum Gasteiger partial charge on any atom is 0.260 e. The lowest BCUT2D eigenvalue weighted by molar-refractivity contribution is -0.133. The summed E-state index contributed by atoms with van der Waals surface area (Å²) in [5, 5.41) is 14.1. The zero-order valence-electron chi connectivity index (χ0n) is 21.0. The average Bonchev–Trinajstić information content (AvgIpc) is 3.70. The molecule has 196 valence electrons. The number of likely N-dealkylation sites (tertiary alicyclic amines) is 1. The number of nitrogens with two attached hydrogens (primary N) is 1. The third-order valence-corrected chi connectivity index (χ3v) is 9.57. The number of rotatable bonds is 10. The van der Waals surface area contributed by atoms with Gasteiger partial charge in [-0.05, 0) is 49.4 Å². The van der Waals surface area contributed by atoms with Crippen molar-refractivity contribution in [3.8, 4) is 27.6 Å². The first-order valence-corrected chi connectivity index (χ1v) is 15.2. The zero-order valence-corrected chi connectivity index (χ0v) is 23.4. The van der Waals surface area contributed by atoms with E-state index in [-0.39, 0.29) is 24.4 Å². The number of hydrogen-bond acceptors (Lipinski definition) is 8. The molecule has 4 N–H and O–H groups in total. The molecular formula is C28H29N5O2S3. The van der Waals surface area contributed by atoms with Crippen LogP contribution in [0.4, 0.5) is 5.69 Å². The lowest BCUT2D eigenvalue weighted by atomic mass is 10.1. The first kappa shape index (κ1) is 26.3. The minimum absolute atomic E-state index is 0.00652. The van der Waals surface area contributed by atoms with Gasteiger partial charge < -0.3 is 20.7 Å². The third kappa shape index (κ3) is 6.03. The van der Waals surface area contributed by atoms with E-state index >= 15 is 0 Å². The lowest BCUT2D eigenvalue weighted by Crippen LogP contribution is -2.42. The summed E-state index contributed by atoms with van der Waals surface area (Å²) in [6.45, 7) is 1.50. The second-order valence-electron chi connectivity index (χ2n) is 8.91. The normalized spacial score (nSPS) is 15.0. The molecule has 0 unspecified atom stereocenters. The molecule has 3 heterocycles. The number of hydrogen-bond donors (Lipinski definition) is 3. The molecule has 5 rings (SSSR count). The molecule has 38 heavy (non-hydrogen) atoms. The van der Waals surface area contributed by atoms with E-state index in [2.05, 4.69) is 5.32 Å². The number of anilines is 1. The fraction of sp³-hybridized carbons (Fsp3) is 0.250. The summed E-state index contributed by atoms with van der Waals surface area (Å²) in [5.74, 6) is 0.718. The van der Waals surface area contributed by atoms with Gasteiger partial charge in [-0.2, -0.15) is 0 Å². The van der Waals surface area contributed by atoms with Gasteiger partial charge in [0.15, 0.2) is 6.61 Å². The number of nitrogen functional groups attached to an aromatic ring is 1. The summed E-state index contributed by atoms with van der Waals surface area (Å²) >= 11 is 4.70. The second-order valence-corrected chi connectivity index (χ2v) is 11.9. The van der Waals surface area contributed by atoms with Crippen molar-refractivity contribution in [1.82, 2.24) is 9.88 Å². The predicted molar refractivity (Wildman–Crippen MR) is 159 cm³/mol. The highest BCUT2D eigenvalue weighted by molar-refractivity contribution is 8.00. The van der Waals surface area contributed by atoms with Crippen molar-refractivity contribution in [2.75, 3.05) is 31.3 Å². The van der Waals surface area contributed by atoms with Crippen LogP contribution in [0, 0.1) is 5.41 Å². The Balaban J connectivity index is 1.22. The predicted octanol–water partition coefficient (Wildman–Crippen LogP) is 6.03. The molecule has 2 aromatic carbocycles. The summed E-state index contributed by atoms with van der Waals surface area (Å²) in [6, 6.07) is 19.9. The summed E-state index contributed by atoms with van der Waals surface area (Å²) in [6.07, 6.45) is 4.01. The number of carbonyl (C=O) groups is 1. The number of para-hydroxylation sites is 1. The van der Waals surface area contributed by atoms with Gasteiger partial charge in [-0.25, -0.2) is 4.98 Å². The summed E-state index contributed by atoms with van der Waals surface area (Å²) in [5.41, 5.74) is 9.54. The Morgan fingerprint density at radius 2 is 2.08 bits per heavy atom. The molecule has 0 radical (unpaired) electrons. The molecule has 1 amide bonds. The molecule has 1 atom stereocenters. The first-order valence-electron chi connectivity index (χ1n) is 12.3. The monoisotopic (exact) mass is 563 g/mol. The zero-order chi connectivity index (χ0) is 26.5. The molecule has 0 bridgehead atoms. The number of nitrogens with zero attached hydrogens (tertiary/aromatic N) is 2. The van der Waals surface area contributed by atoms with Crippen molar-refractivity contribution in [1.29, 1.82) is 5.41 Å². The number of thioether (sulfide) groups is 1. The van der Waals surface area contributed by atoms with E-state index in [1.807, 2.05) is 77.2 Å². The van der Waals surface area contributed by atoms with Crippen LogP contribution < -0.4 is 15.8 Å². The van der Waals surface area contributed by atoms with Crippen molar-refractivity contribution >= 4 is 51.9 Å². The lowest BCUT2D eigenvalue weighted by Gasteiger charge is -2.25. The van der Waals surface area contributed by atoms with E-state index < -0.39 is 0 Å². The van der Waals surface area contributed by atoms with Crippen molar-refractivity contribution in [3.63, 3.8) is 0 Å². The molecule has 1 fully saturated rings. The Bertz CT molecular complexity index is 1420. The van der Waals surface area contributed by atoms with Crippen LogP contribution in [0.3, 0.4) is 0 Å². The Kier molecular flexibility index (Phi) is 8.31. The van der Waals surface area contributed by atoms with Crippen LogP contribution in [-0.2, 0) is 4.79 Å². The van der Waals surface area contributed by atoms with E-state index in [1.54, 1.807) is 23.1 Å². The van der Waals surface area contributed by atoms with E-state index in [9.17, 15) is 4.79 Å². The minimum atomic E-state index is 0.00652. The van der Waals surface area contributed by atoms with Crippen LogP contribution in [-0.4, -0.2) is 53.6 Å².